The van der Waals surface area contributed by atoms with Gasteiger partial charge in [0.05, 0.1) is 6.61 Å². The molecule has 1 unspecified atom stereocenters. The summed E-state index contributed by atoms with van der Waals surface area (Å²) in [4.78, 5) is 12.5. The molecular formula is C29H32O10. The predicted octanol–water partition coefficient (Wildman–Crippen LogP) is 1.72. The minimum atomic E-state index is -2.05. The zero-order valence-electron chi connectivity index (χ0n) is 21.3. The average molecular weight is 541 g/mol. The fraction of sp³-hybridized carbons (Fsp3) is 0.345. The molecule has 0 spiro atoms. The molecule has 7 N–H and O–H groups in total. The molecule has 3 aromatic carbocycles. The van der Waals surface area contributed by atoms with Crippen molar-refractivity contribution in [3.05, 3.63) is 82.9 Å². The third kappa shape index (κ3) is 6.00. The number of aliphatic hydroxyl groups excluding tert-OH is 3. The van der Waals surface area contributed by atoms with E-state index in [1.165, 1.54) is 0 Å². The Morgan fingerprint density at radius 3 is 2.26 bits per heavy atom. The molecule has 1 fully saturated rings. The van der Waals surface area contributed by atoms with Gasteiger partial charge < -0.3 is 45.2 Å². The maximum Gasteiger partial charge on any atom is 0.232 e. The Balaban J connectivity index is 1.48. The summed E-state index contributed by atoms with van der Waals surface area (Å²) in [6.07, 6.45) is -5.68. The summed E-state index contributed by atoms with van der Waals surface area (Å²) < 4.78 is 11.6. The molecule has 208 valence electrons. The van der Waals surface area contributed by atoms with E-state index < -0.39 is 54.1 Å². The number of aliphatic hydroxyl groups is 4. The number of benzene rings is 3. The first-order valence-corrected chi connectivity index (χ1v) is 12.5. The van der Waals surface area contributed by atoms with Crippen molar-refractivity contribution >= 4 is 5.78 Å². The Kier molecular flexibility index (Phi) is 8.43. The van der Waals surface area contributed by atoms with Crippen LogP contribution in [0.4, 0.5) is 0 Å². The number of rotatable bonds is 9. The number of carbonyl (C=O) groups is 1. The summed E-state index contributed by atoms with van der Waals surface area (Å²) in [7, 11) is 0. The highest BCUT2D eigenvalue weighted by molar-refractivity contribution is 6.01. The van der Waals surface area contributed by atoms with Gasteiger partial charge in [-0.05, 0) is 42.2 Å². The lowest BCUT2D eigenvalue weighted by Crippen LogP contribution is -2.69. The molecule has 1 saturated heterocycles. The largest absolute Gasteiger partial charge is 0.508 e. The van der Waals surface area contributed by atoms with E-state index in [2.05, 4.69) is 0 Å². The zero-order chi connectivity index (χ0) is 28.3. The van der Waals surface area contributed by atoms with Crippen LogP contribution in [0.25, 0.3) is 0 Å². The number of phenolic OH excluding ortho intramolecular Hbond substituents is 3. The Morgan fingerprint density at radius 2 is 1.64 bits per heavy atom. The number of Topliss-reactive ketones (excluding diaryl/α,β-unsaturated/α-hetero) is 1. The number of hydrogen-bond acceptors (Lipinski definition) is 10. The van der Waals surface area contributed by atoms with Gasteiger partial charge in [-0.1, -0.05) is 36.4 Å². The predicted molar refractivity (Wildman–Crippen MR) is 139 cm³/mol. The van der Waals surface area contributed by atoms with Crippen LogP contribution >= 0.6 is 0 Å². The monoisotopic (exact) mass is 540 g/mol. The first-order valence-electron chi connectivity index (χ1n) is 12.5. The molecule has 0 bridgehead atoms. The van der Waals surface area contributed by atoms with Gasteiger partial charge in [-0.15, -0.1) is 0 Å². The van der Waals surface area contributed by atoms with E-state index in [9.17, 15) is 40.5 Å². The molecule has 1 heterocycles. The van der Waals surface area contributed by atoms with Crippen molar-refractivity contribution in [2.45, 2.75) is 56.4 Å². The van der Waals surface area contributed by atoms with Crippen LogP contribution in [-0.2, 0) is 17.6 Å². The van der Waals surface area contributed by atoms with Gasteiger partial charge in [-0.25, -0.2) is 0 Å². The summed E-state index contributed by atoms with van der Waals surface area (Å²) >= 11 is 0. The van der Waals surface area contributed by atoms with Gasteiger partial charge in [0.1, 0.15) is 46.9 Å². The van der Waals surface area contributed by atoms with Crippen LogP contribution in [0.1, 0.15) is 33.5 Å². The van der Waals surface area contributed by atoms with Gasteiger partial charge in [0.25, 0.3) is 0 Å². The SMILES string of the molecule is Cc1ccccc1C[C@]1(O)C(Oc2ccc(CCC(=O)c3c(O)cc(O)cc3O)cc2)O[C@H](CO)[C@@H](O)[C@@H]1O. The molecule has 10 heteroatoms. The van der Waals surface area contributed by atoms with E-state index in [4.69, 9.17) is 9.47 Å². The highest BCUT2D eigenvalue weighted by Gasteiger charge is 2.56. The van der Waals surface area contributed by atoms with Crippen LogP contribution < -0.4 is 4.74 Å². The average Bonchev–Trinajstić information content (AvgIpc) is 2.89. The molecule has 0 aliphatic carbocycles. The number of ether oxygens (including phenoxy) is 2. The van der Waals surface area contributed by atoms with Crippen molar-refractivity contribution in [2.24, 2.45) is 0 Å². The highest BCUT2D eigenvalue weighted by Crippen LogP contribution is 2.36. The number of ketones is 1. The van der Waals surface area contributed by atoms with Gasteiger partial charge in [-0.3, -0.25) is 4.79 Å². The summed E-state index contributed by atoms with van der Waals surface area (Å²) in [6, 6.07) is 15.7. The lowest BCUT2D eigenvalue weighted by molar-refractivity contribution is -0.320. The van der Waals surface area contributed by atoms with E-state index in [0.717, 1.165) is 28.8 Å². The standard InChI is InChI=1S/C29H32O10/c1-16-4-2-3-5-18(16)14-29(37)27(36)26(35)24(15-30)39-28(29)38-20-9-6-17(7-10-20)8-11-21(32)25-22(33)12-19(31)13-23(25)34/h2-7,9-10,12-13,24,26-28,30-31,33-37H,8,11,14-15H2,1H3/t24-,26-,27+,28?,29-/m1/s1. The fourth-order valence-electron chi connectivity index (χ4n) is 4.70. The lowest BCUT2D eigenvalue weighted by atomic mass is 9.81. The van der Waals surface area contributed by atoms with Crippen LogP contribution in [0.5, 0.6) is 23.0 Å². The third-order valence-electron chi connectivity index (χ3n) is 7.01. The van der Waals surface area contributed by atoms with Crippen LogP contribution in [-0.4, -0.2) is 78.3 Å². The van der Waals surface area contributed by atoms with E-state index in [-0.39, 0.29) is 36.3 Å². The van der Waals surface area contributed by atoms with E-state index in [1.54, 1.807) is 36.4 Å². The topological polar surface area (TPSA) is 177 Å². The number of aryl methyl sites for hydroxylation is 2. The van der Waals surface area contributed by atoms with Crippen LogP contribution in [0.15, 0.2) is 60.7 Å². The van der Waals surface area contributed by atoms with E-state index in [1.807, 2.05) is 19.1 Å². The summed E-state index contributed by atoms with van der Waals surface area (Å²) in [6.45, 7) is 1.25. The molecule has 0 saturated carbocycles. The van der Waals surface area contributed by atoms with Gasteiger partial charge in [-0.2, -0.15) is 0 Å². The van der Waals surface area contributed by atoms with Crippen molar-refractivity contribution in [3.8, 4) is 23.0 Å². The quantitative estimate of drug-likeness (QED) is 0.198. The second kappa shape index (κ2) is 11.6. The van der Waals surface area contributed by atoms with Crippen molar-refractivity contribution in [2.75, 3.05) is 6.61 Å². The molecule has 4 rings (SSSR count). The minimum absolute atomic E-state index is 0.0315. The molecule has 39 heavy (non-hydrogen) atoms. The molecule has 1 aliphatic heterocycles. The Labute approximate surface area is 225 Å². The fourth-order valence-corrected chi connectivity index (χ4v) is 4.70. The molecule has 0 radical (unpaired) electrons. The maximum absolute atomic E-state index is 12.5. The number of aromatic hydroxyl groups is 3. The van der Waals surface area contributed by atoms with Crippen molar-refractivity contribution < 1.29 is 50.0 Å². The smallest absolute Gasteiger partial charge is 0.232 e. The number of hydrogen-bond donors (Lipinski definition) is 7. The summed E-state index contributed by atoms with van der Waals surface area (Å²) in [5, 5.41) is 71.8. The Morgan fingerprint density at radius 1 is 1.00 bits per heavy atom. The molecule has 0 amide bonds. The third-order valence-corrected chi connectivity index (χ3v) is 7.01. The van der Waals surface area contributed by atoms with Crippen molar-refractivity contribution in [1.82, 2.24) is 0 Å². The van der Waals surface area contributed by atoms with Crippen molar-refractivity contribution in [3.63, 3.8) is 0 Å². The maximum atomic E-state index is 12.5. The molecule has 10 nitrogen and oxygen atoms in total. The minimum Gasteiger partial charge on any atom is -0.508 e. The Bertz CT molecular complexity index is 1280. The Hall–Kier alpha value is -3.67. The van der Waals surface area contributed by atoms with Crippen LogP contribution in [0.2, 0.25) is 0 Å². The van der Waals surface area contributed by atoms with E-state index >= 15 is 0 Å². The zero-order valence-corrected chi connectivity index (χ0v) is 21.3. The van der Waals surface area contributed by atoms with Gasteiger partial charge >= 0.3 is 0 Å². The first kappa shape index (κ1) is 28.3. The normalized spacial score (nSPS) is 24.8. The molecule has 3 aromatic rings. The number of carbonyl (C=O) groups excluding carboxylic acids is 1. The van der Waals surface area contributed by atoms with Gasteiger partial charge in [0.2, 0.25) is 6.29 Å². The second-order valence-electron chi connectivity index (χ2n) is 9.76. The van der Waals surface area contributed by atoms with Crippen molar-refractivity contribution in [1.29, 1.82) is 0 Å². The summed E-state index contributed by atoms with van der Waals surface area (Å²) in [5.74, 6) is -1.63. The number of phenols is 3. The first-order chi connectivity index (χ1) is 18.5. The molecular weight excluding hydrogens is 508 g/mol. The molecule has 0 aromatic heterocycles. The molecule has 1 aliphatic rings. The molecule has 5 atom stereocenters. The van der Waals surface area contributed by atoms with Gasteiger partial charge in [0.15, 0.2) is 11.4 Å². The van der Waals surface area contributed by atoms with Crippen LogP contribution in [0, 0.1) is 6.92 Å². The van der Waals surface area contributed by atoms with Gasteiger partial charge in [0, 0.05) is 25.0 Å². The summed E-state index contributed by atoms with van der Waals surface area (Å²) in [5.41, 5.74) is 0.00228. The highest BCUT2D eigenvalue weighted by atomic mass is 16.7. The van der Waals surface area contributed by atoms with Crippen LogP contribution in [0.3, 0.4) is 0 Å². The van der Waals surface area contributed by atoms with E-state index in [0.29, 0.717) is 0 Å². The second-order valence-corrected chi connectivity index (χ2v) is 9.76. The lowest BCUT2D eigenvalue weighted by Gasteiger charge is -2.47.